The third-order valence-corrected chi connectivity index (χ3v) is 2.03. The summed E-state index contributed by atoms with van der Waals surface area (Å²) in [6.45, 7) is 0. The lowest BCUT2D eigenvalue weighted by atomic mass is 10.4. The molecule has 3 heteroatoms. The van der Waals surface area contributed by atoms with Gasteiger partial charge < -0.3 is 0 Å². The number of alkyl halides is 1. The maximum atomic E-state index is 5.57. The molecule has 1 aliphatic heterocycles. The Bertz CT molecular complexity index is 179. The third-order valence-electron chi connectivity index (χ3n) is 0.733. The van der Waals surface area contributed by atoms with Crippen LogP contribution in [-0.4, -0.2) is 10.00 Å². The zero-order chi connectivity index (χ0) is 5.98. The van der Waals surface area contributed by atoms with Crippen LogP contribution in [0.2, 0.25) is 0 Å². The van der Waals surface area contributed by atoms with Gasteiger partial charge in [-0.1, -0.05) is 27.5 Å². The van der Waals surface area contributed by atoms with Gasteiger partial charge >= 0.3 is 0 Å². The second-order valence-electron chi connectivity index (χ2n) is 1.32. The number of nitrogens with zero attached hydrogens (tertiary/aromatic N) is 1. The first-order valence-electron chi connectivity index (χ1n) is 2.09. The molecule has 1 heterocycles. The van der Waals surface area contributed by atoms with E-state index in [9.17, 15) is 0 Å². The number of hydrogen-bond donors (Lipinski definition) is 0. The summed E-state index contributed by atoms with van der Waals surface area (Å²) in [5, 5.41) is 0.559. The van der Waals surface area contributed by atoms with E-state index in [0.717, 1.165) is 0 Å². The minimum absolute atomic E-state index is 0.0640. The Labute approximate surface area is 60.9 Å². The number of allylic oxidation sites excluding steroid dienone is 1. The largest absolute Gasteiger partial charge is 0.239 e. The summed E-state index contributed by atoms with van der Waals surface area (Å²) >= 11 is 8.82. The predicted molar refractivity (Wildman–Crippen MR) is 38.7 cm³/mol. The molecule has 42 valence electrons. The van der Waals surface area contributed by atoms with Gasteiger partial charge in [0.25, 0.3) is 0 Å². The maximum Gasteiger partial charge on any atom is 0.125 e. The molecule has 1 aliphatic rings. The van der Waals surface area contributed by atoms with Crippen LogP contribution in [-0.2, 0) is 0 Å². The van der Waals surface area contributed by atoms with Gasteiger partial charge in [0.2, 0.25) is 0 Å². The lowest BCUT2D eigenvalue weighted by Gasteiger charge is -1.99. The summed E-state index contributed by atoms with van der Waals surface area (Å²) in [6, 6.07) is 0. The maximum absolute atomic E-state index is 5.57. The molecule has 0 N–H and O–H groups in total. The highest BCUT2D eigenvalue weighted by Crippen LogP contribution is 2.09. The van der Waals surface area contributed by atoms with Crippen molar-refractivity contribution in [1.29, 1.82) is 0 Å². The molecule has 0 aromatic rings. The van der Waals surface area contributed by atoms with Crippen molar-refractivity contribution in [3.8, 4) is 0 Å². The standard InChI is InChI=1S/C5H3BrClN/c6-4-2-1-3-8-5(4)7/h2-4H. The van der Waals surface area contributed by atoms with E-state index in [1.54, 1.807) is 12.3 Å². The summed E-state index contributed by atoms with van der Waals surface area (Å²) in [6.07, 6.45) is 3.34. The molecule has 0 aromatic heterocycles. The molecular weight excluding hydrogens is 189 g/mol. The molecule has 0 amide bonds. The Morgan fingerprint density at radius 1 is 1.88 bits per heavy atom. The molecule has 1 nitrogen and oxygen atoms in total. The molecule has 0 spiro atoms. The first-order chi connectivity index (χ1) is 3.80. The fraction of sp³-hybridized carbons (Fsp3) is 0.200. The van der Waals surface area contributed by atoms with Gasteiger partial charge in [-0.2, -0.15) is 0 Å². The van der Waals surface area contributed by atoms with E-state index in [2.05, 4.69) is 26.7 Å². The first kappa shape index (κ1) is 6.09. The van der Waals surface area contributed by atoms with E-state index < -0.39 is 0 Å². The average molecular weight is 192 g/mol. The van der Waals surface area contributed by atoms with Crippen LogP contribution in [0.4, 0.5) is 0 Å². The Morgan fingerprint density at radius 2 is 2.62 bits per heavy atom. The van der Waals surface area contributed by atoms with Crippen molar-refractivity contribution >= 4 is 32.7 Å². The number of rotatable bonds is 0. The van der Waals surface area contributed by atoms with Crippen LogP contribution in [0, 0.1) is 0 Å². The zero-order valence-corrected chi connectivity index (χ0v) is 6.28. The molecule has 1 unspecified atom stereocenters. The molecule has 0 aliphatic carbocycles. The molecule has 1 rings (SSSR count). The van der Waals surface area contributed by atoms with Crippen molar-refractivity contribution in [1.82, 2.24) is 0 Å². The lowest BCUT2D eigenvalue weighted by molar-refractivity contribution is 1.45. The highest BCUT2D eigenvalue weighted by Gasteiger charge is 2.05. The van der Waals surface area contributed by atoms with E-state index in [0.29, 0.717) is 5.17 Å². The van der Waals surface area contributed by atoms with Crippen molar-refractivity contribution in [2.75, 3.05) is 0 Å². The number of aliphatic imine (C=N–C) groups is 1. The van der Waals surface area contributed by atoms with E-state index in [1.165, 1.54) is 0 Å². The van der Waals surface area contributed by atoms with E-state index in [-0.39, 0.29) is 4.83 Å². The first-order valence-corrected chi connectivity index (χ1v) is 3.38. The van der Waals surface area contributed by atoms with Crippen molar-refractivity contribution < 1.29 is 0 Å². The van der Waals surface area contributed by atoms with Crippen LogP contribution in [0.15, 0.2) is 23.0 Å². The predicted octanol–water partition coefficient (Wildman–Crippen LogP) is 2.07. The summed E-state index contributed by atoms with van der Waals surface area (Å²) < 4.78 is 0. The quantitative estimate of drug-likeness (QED) is 0.412. The molecule has 0 saturated heterocycles. The van der Waals surface area contributed by atoms with Gasteiger partial charge in [0.05, 0.1) is 11.0 Å². The summed E-state index contributed by atoms with van der Waals surface area (Å²) in [5.74, 6) is 0. The van der Waals surface area contributed by atoms with Gasteiger partial charge in [-0.3, -0.25) is 0 Å². The highest BCUT2D eigenvalue weighted by atomic mass is 79.9. The normalized spacial score (nSPS) is 25.8. The second-order valence-corrected chi connectivity index (χ2v) is 2.69. The van der Waals surface area contributed by atoms with E-state index in [4.69, 9.17) is 11.6 Å². The average Bonchev–Trinajstić information content (AvgIpc) is 1.77. The molecule has 0 bridgehead atoms. The smallest absolute Gasteiger partial charge is 0.125 e. The second kappa shape index (κ2) is 2.49. The van der Waals surface area contributed by atoms with Gasteiger partial charge in [0, 0.05) is 0 Å². The van der Waals surface area contributed by atoms with Gasteiger partial charge in [0.15, 0.2) is 0 Å². The van der Waals surface area contributed by atoms with Crippen molar-refractivity contribution in [2.45, 2.75) is 4.83 Å². The van der Waals surface area contributed by atoms with Gasteiger partial charge in [0.1, 0.15) is 5.17 Å². The summed E-state index contributed by atoms with van der Waals surface area (Å²) in [7, 11) is 0. The Hall–Kier alpha value is -0.0400. The highest BCUT2D eigenvalue weighted by molar-refractivity contribution is 9.10. The lowest BCUT2D eigenvalue weighted by Crippen LogP contribution is -2.03. The van der Waals surface area contributed by atoms with Crippen LogP contribution in [0.1, 0.15) is 0 Å². The van der Waals surface area contributed by atoms with E-state index >= 15 is 0 Å². The van der Waals surface area contributed by atoms with Crippen LogP contribution in [0.3, 0.4) is 0 Å². The Balaban J connectivity index is 2.86. The summed E-state index contributed by atoms with van der Waals surface area (Å²) in [4.78, 5) is 3.84. The number of halogens is 2. The Morgan fingerprint density at radius 3 is 3.00 bits per heavy atom. The van der Waals surface area contributed by atoms with E-state index in [1.807, 2.05) is 0 Å². The van der Waals surface area contributed by atoms with Crippen molar-refractivity contribution in [3.63, 3.8) is 0 Å². The minimum Gasteiger partial charge on any atom is -0.239 e. The van der Waals surface area contributed by atoms with Gasteiger partial charge in [-0.05, 0) is 6.08 Å². The summed E-state index contributed by atoms with van der Waals surface area (Å²) in [5.41, 5.74) is 2.80. The van der Waals surface area contributed by atoms with Gasteiger partial charge in [-0.15, -0.1) is 5.73 Å². The van der Waals surface area contributed by atoms with Crippen LogP contribution in [0.25, 0.3) is 0 Å². The molecular formula is C5H3BrClN. The zero-order valence-electron chi connectivity index (χ0n) is 3.94. The molecule has 8 heavy (non-hydrogen) atoms. The molecule has 1 atom stereocenters. The van der Waals surface area contributed by atoms with Crippen LogP contribution in [0.5, 0.6) is 0 Å². The van der Waals surface area contributed by atoms with Gasteiger partial charge in [-0.25, -0.2) is 4.99 Å². The SMILES string of the molecule is ClC1=NC=C=CC1Br. The molecule has 0 aromatic carbocycles. The molecule has 0 radical (unpaired) electrons. The van der Waals surface area contributed by atoms with Crippen molar-refractivity contribution in [3.05, 3.63) is 18.0 Å². The monoisotopic (exact) mass is 191 g/mol. The number of hydrogen-bond acceptors (Lipinski definition) is 1. The third kappa shape index (κ3) is 1.22. The molecule has 0 saturated carbocycles. The minimum atomic E-state index is 0.0640. The van der Waals surface area contributed by atoms with Crippen LogP contribution >= 0.6 is 27.5 Å². The van der Waals surface area contributed by atoms with Crippen molar-refractivity contribution in [2.24, 2.45) is 4.99 Å². The topological polar surface area (TPSA) is 12.4 Å². The molecule has 0 fully saturated rings. The Kier molecular flexibility index (Phi) is 1.90. The fourth-order valence-corrected chi connectivity index (χ4v) is 0.749. The fourth-order valence-electron chi connectivity index (χ4n) is 0.366. The van der Waals surface area contributed by atoms with Crippen LogP contribution < -0.4 is 0 Å².